The van der Waals surface area contributed by atoms with E-state index in [9.17, 15) is 14.4 Å². The first kappa shape index (κ1) is 26.2. The highest BCUT2D eigenvalue weighted by Gasteiger charge is 2.44. The van der Waals surface area contributed by atoms with Gasteiger partial charge >= 0.3 is 5.97 Å². The van der Waals surface area contributed by atoms with E-state index in [0.29, 0.717) is 31.7 Å². The molecule has 8 heteroatoms. The highest BCUT2D eigenvalue weighted by Crippen LogP contribution is 2.42. The molecule has 0 aliphatic carbocycles. The van der Waals surface area contributed by atoms with Gasteiger partial charge in [0, 0.05) is 43.0 Å². The van der Waals surface area contributed by atoms with Crippen LogP contribution in [0.5, 0.6) is 0 Å². The van der Waals surface area contributed by atoms with Gasteiger partial charge in [-0.15, -0.1) is 5.06 Å². The summed E-state index contributed by atoms with van der Waals surface area (Å²) in [5.41, 5.74) is 6.75. The summed E-state index contributed by atoms with van der Waals surface area (Å²) in [4.78, 5) is 48.3. The highest BCUT2D eigenvalue weighted by molar-refractivity contribution is 6.09. The Labute approximate surface area is 203 Å². The molecule has 0 saturated carbocycles. The van der Waals surface area contributed by atoms with E-state index in [-0.39, 0.29) is 29.9 Å². The van der Waals surface area contributed by atoms with E-state index in [0.717, 1.165) is 24.1 Å². The summed E-state index contributed by atoms with van der Waals surface area (Å²) in [5, 5.41) is 1.69. The number of hydroxylamine groups is 2. The van der Waals surface area contributed by atoms with E-state index in [1.165, 1.54) is 0 Å². The van der Waals surface area contributed by atoms with Gasteiger partial charge in [-0.1, -0.05) is 6.07 Å². The van der Waals surface area contributed by atoms with Crippen molar-refractivity contribution < 1.29 is 19.2 Å². The molecule has 1 aromatic carbocycles. The fraction of sp³-hybridized carbons (Fsp3) is 0.654. The fourth-order valence-electron chi connectivity index (χ4n) is 4.79. The van der Waals surface area contributed by atoms with Crippen LogP contribution in [0.2, 0.25) is 0 Å². The molecule has 2 amide bonds. The Morgan fingerprint density at radius 3 is 2.53 bits per heavy atom. The van der Waals surface area contributed by atoms with E-state index >= 15 is 0 Å². The van der Waals surface area contributed by atoms with Crippen molar-refractivity contribution >= 4 is 23.5 Å². The number of rotatable bonds is 6. The van der Waals surface area contributed by atoms with Crippen LogP contribution in [0.4, 0.5) is 5.69 Å². The predicted molar refractivity (Wildman–Crippen MR) is 132 cm³/mol. The van der Waals surface area contributed by atoms with Crippen LogP contribution in [0.25, 0.3) is 0 Å². The van der Waals surface area contributed by atoms with Crippen LogP contribution in [0.15, 0.2) is 18.2 Å². The second-order valence-corrected chi connectivity index (χ2v) is 11.2. The third kappa shape index (κ3) is 4.98. The molecule has 1 aromatic rings. The number of benzene rings is 1. The topological polar surface area (TPSA) is 96.2 Å². The van der Waals surface area contributed by atoms with E-state index < -0.39 is 10.8 Å². The number of amides is 2. The van der Waals surface area contributed by atoms with Crippen molar-refractivity contribution in [1.29, 1.82) is 0 Å². The van der Waals surface area contributed by atoms with Crippen LogP contribution in [0, 0.1) is 5.41 Å². The van der Waals surface area contributed by atoms with Gasteiger partial charge < -0.3 is 20.4 Å². The van der Waals surface area contributed by atoms with Crippen molar-refractivity contribution in [1.82, 2.24) is 9.96 Å². The van der Waals surface area contributed by atoms with Gasteiger partial charge in [0.15, 0.2) is 0 Å². The van der Waals surface area contributed by atoms with E-state index in [1.807, 2.05) is 71.6 Å². The first-order valence-corrected chi connectivity index (χ1v) is 12.3. The van der Waals surface area contributed by atoms with Gasteiger partial charge in [0.2, 0.25) is 5.91 Å². The quantitative estimate of drug-likeness (QED) is 0.684. The van der Waals surface area contributed by atoms with Crippen molar-refractivity contribution in [2.45, 2.75) is 78.8 Å². The van der Waals surface area contributed by atoms with E-state index in [2.05, 4.69) is 0 Å². The number of hydrogen-bond acceptors (Lipinski definition) is 6. The number of anilines is 1. The average molecular weight is 473 g/mol. The number of carbonyl (C=O) groups is 3. The lowest BCUT2D eigenvalue weighted by Crippen LogP contribution is -2.53. The van der Waals surface area contributed by atoms with Crippen molar-refractivity contribution in [3.8, 4) is 0 Å². The number of nitrogens with two attached hydrogens (primary N) is 1. The molecule has 34 heavy (non-hydrogen) atoms. The van der Waals surface area contributed by atoms with Crippen LogP contribution in [0.1, 0.15) is 77.2 Å². The van der Waals surface area contributed by atoms with Gasteiger partial charge in [-0.05, 0) is 79.0 Å². The summed E-state index contributed by atoms with van der Waals surface area (Å²) in [7, 11) is 0. The fourth-order valence-corrected chi connectivity index (χ4v) is 4.79. The number of hydrogen-bond donors (Lipinski definition) is 1. The second kappa shape index (κ2) is 9.66. The lowest BCUT2D eigenvalue weighted by atomic mass is 9.86. The van der Waals surface area contributed by atoms with Gasteiger partial charge in [0.1, 0.15) is 0 Å². The molecule has 2 aliphatic rings. The van der Waals surface area contributed by atoms with Crippen molar-refractivity contribution in [2.24, 2.45) is 11.1 Å². The van der Waals surface area contributed by atoms with Crippen LogP contribution >= 0.6 is 0 Å². The van der Waals surface area contributed by atoms with Crippen LogP contribution in [-0.2, 0) is 19.8 Å². The molecule has 8 nitrogen and oxygen atoms in total. The molecule has 3 rings (SSSR count). The smallest absolute Gasteiger partial charge is 0.330 e. The molecule has 2 aliphatic heterocycles. The number of nitrogens with zero attached hydrogens (tertiary/aromatic N) is 3. The summed E-state index contributed by atoms with van der Waals surface area (Å²) < 4.78 is 0. The second-order valence-electron chi connectivity index (χ2n) is 11.2. The van der Waals surface area contributed by atoms with E-state index in [4.69, 9.17) is 10.6 Å². The van der Waals surface area contributed by atoms with Crippen molar-refractivity contribution in [3.63, 3.8) is 0 Å². The average Bonchev–Trinajstić information content (AvgIpc) is 2.93. The molecular weight excluding hydrogens is 432 g/mol. The first-order chi connectivity index (χ1) is 15.8. The Morgan fingerprint density at radius 1 is 1.26 bits per heavy atom. The normalized spacial score (nSPS) is 20.4. The largest absolute Gasteiger partial charge is 0.367 e. The highest BCUT2D eigenvalue weighted by atomic mass is 16.7. The first-order valence-electron chi connectivity index (χ1n) is 12.3. The van der Waals surface area contributed by atoms with Gasteiger partial charge in [0.25, 0.3) is 5.91 Å². The molecular formula is C26H40N4O4. The molecule has 1 atom stereocenters. The minimum atomic E-state index is -0.648. The molecule has 188 valence electrons. The zero-order valence-corrected chi connectivity index (χ0v) is 21.7. The summed E-state index contributed by atoms with van der Waals surface area (Å²) in [6.07, 6.45) is 1.67. The SMILES string of the molecule is CC(C)N(C(=O)c1ccc2c(c1)N(CCN)C(=O)C2(C)C)C1CCCN(OC(=O)C(C)(C)C)C1. The molecule has 1 fully saturated rings. The van der Waals surface area contributed by atoms with Crippen LogP contribution < -0.4 is 10.6 Å². The Balaban J connectivity index is 1.86. The summed E-state index contributed by atoms with van der Waals surface area (Å²) >= 11 is 0. The van der Waals surface area contributed by atoms with Crippen LogP contribution in [-0.4, -0.2) is 66.0 Å². The summed E-state index contributed by atoms with van der Waals surface area (Å²) in [5.74, 6) is -0.361. The lowest BCUT2D eigenvalue weighted by Gasteiger charge is -2.41. The third-order valence-corrected chi connectivity index (χ3v) is 6.71. The summed E-state index contributed by atoms with van der Waals surface area (Å²) in [6.45, 7) is 15.2. The standard InChI is InChI=1S/C26H40N4O4/c1-17(2)30(19-9-8-13-28(16-19)34-24(33)25(3,4)5)22(31)18-10-11-20-21(15-18)29(14-12-27)23(32)26(20,6)7/h10-11,15,17,19H,8-9,12-14,16,27H2,1-7H3. The van der Waals surface area contributed by atoms with Crippen molar-refractivity contribution in [2.75, 3.05) is 31.1 Å². The van der Waals surface area contributed by atoms with Gasteiger partial charge in [-0.3, -0.25) is 9.59 Å². The van der Waals surface area contributed by atoms with E-state index in [1.54, 1.807) is 9.96 Å². The molecule has 0 radical (unpaired) electrons. The maximum absolute atomic E-state index is 13.8. The molecule has 2 N–H and O–H groups in total. The maximum atomic E-state index is 13.8. The number of piperidine rings is 1. The minimum absolute atomic E-state index is 0.00171. The van der Waals surface area contributed by atoms with Gasteiger partial charge in [0.05, 0.1) is 17.4 Å². The minimum Gasteiger partial charge on any atom is -0.367 e. The Hall–Kier alpha value is -2.45. The molecule has 0 bridgehead atoms. The Bertz CT molecular complexity index is 951. The Kier molecular flexibility index (Phi) is 7.43. The third-order valence-electron chi connectivity index (χ3n) is 6.71. The van der Waals surface area contributed by atoms with Crippen molar-refractivity contribution in [3.05, 3.63) is 29.3 Å². The monoisotopic (exact) mass is 472 g/mol. The molecule has 1 saturated heterocycles. The lowest BCUT2D eigenvalue weighted by molar-refractivity contribution is -0.208. The zero-order chi connectivity index (χ0) is 25.4. The summed E-state index contributed by atoms with van der Waals surface area (Å²) in [6, 6.07) is 5.42. The van der Waals surface area contributed by atoms with Crippen LogP contribution in [0.3, 0.4) is 0 Å². The van der Waals surface area contributed by atoms with Gasteiger partial charge in [-0.25, -0.2) is 4.79 Å². The molecule has 0 spiro atoms. The zero-order valence-electron chi connectivity index (χ0n) is 21.7. The molecule has 0 aromatic heterocycles. The maximum Gasteiger partial charge on any atom is 0.330 e. The predicted octanol–water partition coefficient (Wildman–Crippen LogP) is 3.09. The molecule has 2 heterocycles. The Morgan fingerprint density at radius 2 is 1.94 bits per heavy atom. The van der Waals surface area contributed by atoms with Gasteiger partial charge in [-0.2, -0.15) is 0 Å². The number of fused-ring (bicyclic) bond motifs is 1. The number of carbonyl (C=O) groups excluding carboxylic acids is 3. The molecule has 1 unspecified atom stereocenters.